The van der Waals surface area contributed by atoms with Crippen molar-refractivity contribution in [2.75, 3.05) is 0 Å². The molecule has 1 aromatic carbocycles. The molecule has 0 aliphatic rings. The number of alkyl halides is 1. The molecular weight excluding hydrogens is 293 g/mol. The van der Waals surface area contributed by atoms with Crippen LogP contribution in [0.1, 0.15) is 32.0 Å². The number of hydrogen-bond acceptors (Lipinski definition) is 2. The summed E-state index contributed by atoms with van der Waals surface area (Å²) in [6.45, 7) is 6.31. The van der Waals surface area contributed by atoms with Crippen LogP contribution in [0, 0.1) is 0 Å². The maximum atomic E-state index is 6.10. The second-order valence-electron chi connectivity index (χ2n) is 5.61. The Morgan fingerprint density at radius 1 is 1.15 bits per heavy atom. The van der Waals surface area contributed by atoms with E-state index < -0.39 is 0 Å². The third-order valence-corrected chi connectivity index (χ3v) is 3.46. The van der Waals surface area contributed by atoms with Gasteiger partial charge in [0.15, 0.2) is 0 Å². The van der Waals surface area contributed by atoms with Gasteiger partial charge in [-0.1, -0.05) is 44.5 Å². The molecule has 0 unspecified atom stereocenters. The molecule has 4 heteroatoms. The van der Waals surface area contributed by atoms with Crippen molar-refractivity contribution in [3.63, 3.8) is 0 Å². The van der Waals surface area contributed by atoms with Crippen molar-refractivity contribution in [1.29, 1.82) is 0 Å². The Balaban J connectivity index is 2.39. The monoisotopic (exact) mass is 309 g/mol. The molecule has 0 radical (unpaired) electrons. The fourth-order valence-corrected chi connectivity index (χ4v) is 2.04. The molecule has 1 heterocycles. The summed E-state index contributed by atoms with van der Waals surface area (Å²) in [6.07, 6.45) is 0. The molecule has 2 nitrogen and oxygen atoms in total. The molecule has 20 heavy (non-hydrogen) atoms. The summed E-state index contributed by atoms with van der Waals surface area (Å²) in [4.78, 5) is 4.55. The summed E-state index contributed by atoms with van der Waals surface area (Å²) in [7, 11) is 0. The van der Waals surface area contributed by atoms with Crippen LogP contribution in [0.15, 0.2) is 36.4 Å². The number of rotatable bonds is 3. The first-order chi connectivity index (χ1) is 9.40. The first kappa shape index (κ1) is 15.1. The SMILES string of the molecule is CC(C)(C)c1cc(CCl)cc(Oc2ccccc2Cl)n1. The number of halogens is 2. The first-order valence-electron chi connectivity index (χ1n) is 6.40. The highest BCUT2D eigenvalue weighted by Gasteiger charge is 2.18. The molecule has 0 aliphatic heterocycles. The molecule has 0 atom stereocenters. The molecule has 0 fully saturated rings. The van der Waals surface area contributed by atoms with Crippen molar-refractivity contribution in [2.24, 2.45) is 0 Å². The molecule has 0 N–H and O–H groups in total. The van der Waals surface area contributed by atoms with Gasteiger partial charge in [0.25, 0.3) is 0 Å². The lowest BCUT2D eigenvalue weighted by atomic mass is 9.91. The lowest BCUT2D eigenvalue weighted by molar-refractivity contribution is 0.451. The summed E-state index contributed by atoms with van der Waals surface area (Å²) in [6, 6.07) is 11.2. The van der Waals surface area contributed by atoms with Gasteiger partial charge < -0.3 is 4.74 Å². The summed E-state index contributed by atoms with van der Waals surface area (Å²) in [5.41, 5.74) is 1.85. The number of hydrogen-bond donors (Lipinski definition) is 0. The zero-order valence-corrected chi connectivity index (χ0v) is 13.3. The molecule has 1 aromatic heterocycles. The summed E-state index contributed by atoms with van der Waals surface area (Å²) < 4.78 is 5.79. The molecule has 0 bridgehead atoms. The Bertz CT molecular complexity index is 606. The molecule has 0 saturated heterocycles. The third-order valence-electron chi connectivity index (χ3n) is 2.84. The first-order valence-corrected chi connectivity index (χ1v) is 7.31. The highest BCUT2D eigenvalue weighted by Crippen LogP contribution is 2.30. The number of benzene rings is 1. The van der Waals surface area contributed by atoms with Gasteiger partial charge in [0.2, 0.25) is 5.88 Å². The van der Waals surface area contributed by atoms with Crippen LogP contribution >= 0.6 is 23.2 Å². The van der Waals surface area contributed by atoms with Crippen LogP contribution in [-0.4, -0.2) is 4.98 Å². The second-order valence-corrected chi connectivity index (χ2v) is 6.29. The molecule has 0 spiro atoms. The van der Waals surface area contributed by atoms with Gasteiger partial charge in [-0.2, -0.15) is 0 Å². The zero-order chi connectivity index (χ0) is 14.8. The Morgan fingerprint density at radius 2 is 1.85 bits per heavy atom. The molecule has 106 valence electrons. The maximum Gasteiger partial charge on any atom is 0.219 e. The van der Waals surface area contributed by atoms with Gasteiger partial charge in [-0.05, 0) is 23.8 Å². The van der Waals surface area contributed by atoms with Crippen molar-refractivity contribution in [3.05, 3.63) is 52.7 Å². The largest absolute Gasteiger partial charge is 0.437 e. The molecule has 2 aromatic rings. The summed E-state index contributed by atoms with van der Waals surface area (Å²) in [5, 5.41) is 0.558. The van der Waals surface area contributed by atoms with Gasteiger partial charge in [-0.25, -0.2) is 4.98 Å². The van der Waals surface area contributed by atoms with Gasteiger partial charge in [0.1, 0.15) is 5.75 Å². The van der Waals surface area contributed by atoms with Crippen LogP contribution in [0.5, 0.6) is 11.6 Å². The molecule has 0 amide bonds. The second kappa shape index (κ2) is 6.02. The number of nitrogens with zero attached hydrogens (tertiary/aromatic N) is 1. The van der Waals surface area contributed by atoms with E-state index in [0.717, 1.165) is 11.3 Å². The minimum atomic E-state index is -0.0688. The Hall–Kier alpha value is -1.25. The van der Waals surface area contributed by atoms with Gasteiger partial charge in [0.05, 0.1) is 10.7 Å². The average Bonchev–Trinajstić information content (AvgIpc) is 2.40. The zero-order valence-electron chi connectivity index (χ0n) is 11.8. The highest BCUT2D eigenvalue weighted by molar-refractivity contribution is 6.32. The van der Waals surface area contributed by atoms with Crippen molar-refractivity contribution >= 4 is 23.2 Å². The Labute approximate surface area is 129 Å². The van der Waals surface area contributed by atoms with Gasteiger partial charge in [-0.15, -0.1) is 11.6 Å². The van der Waals surface area contributed by atoms with E-state index in [1.54, 1.807) is 6.07 Å². The normalized spacial score (nSPS) is 11.4. The maximum absolute atomic E-state index is 6.10. The van der Waals surface area contributed by atoms with Crippen LogP contribution in [0.4, 0.5) is 0 Å². The standard InChI is InChI=1S/C16H17Cl2NO/c1-16(2,3)14-8-11(10-17)9-15(19-14)20-13-7-5-4-6-12(13)18/h4-9H,10H2,1-3H3. The van der Waals surface area contributed by atoms with Gasteiger partial charge in [-0.3, -0.25) is 0 Å². The van der Waals surface area contributed by atoms with E-state index >= 15 is 0 Å². The van der Waals surface area contributed by atoms with E-state index in [1.807, 2.05) is 30.3 Å². The topological polar surface area (TPSA) is 22.1 Å². The predicted molar refractivity (Wildman–Crippen MR) is 84.0 cm³/mol. The summed E-state index contributed by atoms with van der Waals surface area (Å²) in [5.74, 6) is 1.53. The van der Waals surface area contributed by atoms with E-state index in [1.165, 1.54) is 0 Å². The summed E-state index contributed by atoms with van der Waals surface area (Å²) >= 11 is 12.0. The van der Waals surface area contributed by atoms with Crippen molar-refractivity contribution in [3.8, 4) is 11.6 Å². The number of aromatic nitrogens is 1. The molecule has 0 saturated carbocycles. The van der Waals surface area contributed by atoms with E-state index in [4.69, 9.17) is 27.9 Å². The number of ether oxygens (including phenoxy) is 1. The van der Waals surface area contributed by atoms with Crippen LogP contribution in [-0.2, 0) is 11.3 Å². The van der Waals surface area contributed by atoms with Crippen molar-refractivity contribution < 1.29 is 4.74 Å². The van der Waals surface area contributed by atoms with E-state index in [9.17, 15) is 0 Å². The lowest BCUT2D eigenvalue weighted by Gasteiger charge is -2.19. The van der Waals surface area contributed by atoms with Gasteiger partial charge >= 0.3 is 0 Å². The number of pyridine rings is 1. The van der Waals surface area contributed by atoms with Crippen molar-refractivity contribution in [1.82, 2.24) is 4.98 Å². The molecule has 0 aliphatic carbocycles. The molecule has 2 rings (SSSR count). The fourth-order valence-electron chi connectivity index (χ4n) is 1.71. The smallest absolute Gasteiger partial charge is 0.219 e. The fraction of sp³-hybridized carbons (Fsp3) is 0.312. The van der Waals surface area contributed by atoms with Crippen LogP contribution in [0.25, 0.3) is 0 Å². The average molecular weight is 310 g/mol. The van der Waals surface area contributed by atoms with E-state index in [0.29, 0.717) is 22.5 Å². The van der Waals surface area contributed by atoms with Crippen LogP contribution in [0.3, 0.4) is 0 Å². The highest BCUT2D eigenvalue weighted by atomic mass is 35.5. The lowest BCUT2D eigenvalue weighted by Crippen LogP contribution is -2.14. The molecular formula is C16H17Cl2NO. The van der Waals surface area contributed by atoms with Crippen molar-refractivity contribution in [2.45, 2.75) is 32.1 Å². The Morgan fingerprint density at radius 3 is 2.45 bits per heavy atom. The van der Waals surface area contributed by atoms with Crippen LogP contribution < -0.4 is 4.74 Å². The minimum Gasteiger partial charge on any atom is -0.437 e. The number of para-hydroxylation sites is 1. The van der Waals surface area contributed by atoms with E-state index in [2.05, 4.69) is 25.8 Å². The Kier molecular flexibility index (Phi) is 4.56. The van der Waals surface area contributed by atoms with Gasteiger partial charge in [0, 0.05) is 17.4 Å². The predicted octanol–water partition coefficient (Wildman–Crippen LogP) is 5.56. The third kappa shape index (κ3) is 3.65. The minimum absolute atomic E-state index is 0.0688. The van der Waals surface area contributed by atoms with E-state index in [-0.39, 0.29) is 5.41 Å². The van der Waals surface area contributed by atoms with Crippen LogP contribution in [0.2, 0.25) is 5.02 Å². The quantitative estimate of drug-likeness (QED) is 0.692.